The van der Waals surface area contributed by atoms with Crippen molar-refractivity contribution in [1.29, 1.82) is 0 Å². The Kier molecular flexibility index (Phi) is 4.28. The Hall–Kier alpha value is -3.16. The maximum Gasteiger partial charge on any atom is 0.328 e. The summed E-state index contributed by atoms with van der Waals surface area (Å²) in [5.41, 5.74) is -0.306. The number of carbonyl (C=O) groups excluding carboxylic acids is 1. The van der Waals surface area contributed by atoms with Crippen LogP contribution in [0.25, 0.3) is 10.9 Å². The van der Waals surface area contributed by atoms with E-state index in [0.717, 1.165) is 4.57 Å². The van der Waals surface area contributed by atoms with E-state index in [-0.39, 0.29) is 24.4 Å². The molecule has 0 aliphatic rings. The van der Waals surface area contributed by atoms with Crippen LogP contribution in [0, 0.1) is 0 Å². The van der Waals surface area contributed by atoms with Crippen molar-refractivity contribution in [3.8, 4) is 0 Å². The quantitative estimate of drug-likeness (QED) is 0.725. The Bertz CT molecular complexity index is 999. The Labute approximate surface area is 136 Å². The first-order valence-corrected chi connectivity index (χ1v) is 7.56. The second-order valence-corrected chi connectivity index (χ2v) is 5.46. The lowest BCUT2D eigenvalue weighted by atomic mass is 10.2. The van der Waals surface area contributed by atoms with E-state index in [0.29, 0.717) is 23.1 Å². The van der Waals surface area contributed by atoms with Crippen LogP contribution in [0.3, 0.4) is 0 Å². The molecule has 0 saturated carbocycles. The van der Waals surface area contributed by atoms with Crippen LogP contribution < -0.4 is 16.6 Å². The van der Waals surface area contributed by atoms with Crippen LogP contribution in [-0.2, 0) is 18.4 Å². The Balaban J connectivity index is 1.66. The fourth-order valence-electron chi connectivity index (χ4n) is 2.49. The second-order valence-electron chi connectivity index (χ2n) is 5.46. The molecule has 0 aliphatic heterocycles. The zero-order chi connectivity index (χ0) is 17.1. The molecule has 2 aromatic heterocycles. The van der Waals surface area contributed by atoms with E-state index < -0.39 is 5.69 Å². The van der Waals surface area contributed by atoms with E-state index in [9.17, 15) is 14.4 Å². The molecular formula is C16H17N5O3. The van der Waals surface area contributed by atoms with Crippen molar-refractivity contribution in [2.24, 2.45) is 7.05 Å². The third-order valence-corrected chi connectivity index (χ3v) is 3.66. The average molecular weight is 327 g/mol. The molecule has 24 heavy (non-hydrogen) atoms. The molecule has 0 radical (unpaired) electrons. The van der Waals surface area contributed by atoms with Crippen molar-refractivity contribution >= 4 is 22.6 Å². The number of nitrogens with one attached hydrogen (secondary N) is 2. The van der Waals surface area contributed by atoms with E-state index in [1.54, 1.807) is 48.3 Å². The number of aryl methyl sites for hydroxylation is 1. The predicted molar refractivity (Wildman–Crippen MR) is 89.9 cm³/mol. The fourth-order valence-corrected chi connectivity index (χ4v) is 2.49. The normalized spacial score (nSPS) is 10.9. The molecule has 2 heterocycles. The van der Waals surface area contributed by atoms with Crippen LogP contribution in [0.15, 0.2) is 46.1 Å². The first-order chi connectivity index (χ1) is 11.5. The summed E-state index contributed by atoms with van der Waals surface area (Å²) in [4.78, 5) is 38.9. The van der Waals surface area contributed by atoms with Gasteiger partial charge >= 0.3 is 5.69 Å². The molecule has 1 aromatic carbocycles. The smallest absolute Gasteiger partial charge is 0.309 e. The van der Waals surface area contributed by atoms with Gasteiger partial charge in [0, 0.05) is 32.3 Å². The third-order valence-electron chi connectivity index (χ3n) is 3.66. The van der Waals surface area contributed by atoms with Gasteiger partial charge in [0.15, 0.2) is 5.82 Å². The van der Waals surface area contributed by atoms with E-state index in [1.807, 2.05) is 0 Å². The number of para-hydroxylation sites is 1. The molecule has 8 nitrogen and oxygen atoms in total. The lowest BCUT2D eigenvalue weighted by molar-refractivity contribution is -0.116. The molecule has 124 valence electrons. The number of hydrogen-bond donors (Lipinski definition) is 2. The topological polar surface area (TPSA) is 102 Å². The number of aromatic nitrogens is 4. The van der Waals surface area contributed by atoms with Gasteiger partial charge in [-0.25, -0.2) is 4.79 Å². The molecule has 3 aromatic rings. The van der Waals surface area contributed by atoms with E-state index in [4.69, 9.17) is 0 Å². The SMILES string of the molecule is Cn1ccc(NC(=O)CCCn2c(=O)[nH]c3ccccc3c2=O)n1. The molecule has 0 spiro atoms. The van der Waals surface area contributed by atoms with Gasteiger partial charge < -0.3 is 10.3 Å². The number of aromatic amines is 1. The number of hydrogen-bond acceptors (Lipinski definition) is 4. The zero-order valence-electron chi connectivity index (χ0n) is 13.2. The van der Waals surface area contributed by atoms with E-state index >= 15 is 0 Å². The van der Waals surface area contributed by atoms with Gasteiger partial charge in [-0.1, -0.05) is 12.1 Å². The van der Waals surface area contributed by atoms with Gasteiger partial charge in [-0.3, -0.25) is 18.8 Å². The molecule has 0 atom stereocenters. The highest BCUT2D eigenvalue weighted by Gasteiger charge is 2.09. The summed E-state index contributed by atoms with van der Waals surface area (Å²) in [5.74, 6) is 0.266. The summed E-state index contributed by atoms with van der Waals surface area (Å²) in [6.07, 6.45) is 2.29. The number of H-pyrrole nitrogens is 1. The summed E-state index contributed by atoms with van der Waals surface area (Å²) in [6.45, 7) is 0.175. The molecule has 0 fully saturated rings. The molecule has 2 N–H and O–H groups in total. The number of fused-ring (bicyclic) bond motifs is 1. The second kappa shape index (κ2) is 6.53. The minimum atomic E-state index is -0.469. The van der Waals surface area contributed by atoms with Crippen LogP contribution in [0.5, 0.6) is 0 Å². The minimum Gasteiger partial charge on any atom is -0.309 e. The number of carbonyl (C=O) groups is 1. The summed E-state index contributed by atoms with van der Waals surface area (Å²) in [6, 6.07) is 8.54. The van der Waals surface area contributed by atoms with Crippen LogP contribution in [0.2, 0.25) is 0 Å². The first kappa shape index (κ1) is 15.7. The summed E-state index contributed by atoms with van der Waals surface area (Å²) < 4.78 is 2.71. The summed E-state index contributed by atoms with van der Waals surface area (Å²) in [5, 5.41) is 7.17. The highest BCUT2D eigenvalue weighted by atomic mass is 16.2. The highest BCUT2D eigenvalue weighted by molar-refractivity contribution is 5.89. The van der Waals surface area contributed by atoms with Gasteiger partial charge in [-0.05, 0) is 18.6 Å². The van der Waals surface area contributed by atoms with E-state index in [1.165, 1.54) is 0 Å². The summed E-state index contributed by atoms with van der Waals surface area (Å²) in [7, 11) is 1.76. The van der Waals surface area contributed by atoms with E-state index in [2.05, 4.69) is 15.4 Å². The maximum absolute atomic E-state index is 12.3. The maximum atomic E-state index is 12.3. The minimum absolute atomic E-state index is 0.175. The van der Waals surface area contributed by atoms with Crippen LogP contribution in [0.4, 0.5) is 5.82 Å². The molecule has 0 unspecified atom stereocenters. The predicted octanol–water partition coefficient (Wildman–Crippen LogP) is 0.842. The van der Waals surface area contributed by atoms with Gasteiger partial charge in [-0.2, -0.15) is 5.10 Å². The van der Waals surface area contributed by atoms with Crippen molar-refractivity contribution < 1.29 is 4.79 Å². The van der Waals surface area contributed by atoms with Gasteiger partial charge in [0.25, 0.3) is 5.56 Å². The highest BCUT2D eigenvalue weighted by Crippen LogP contribution is 2.05. The summed E-state index contributed by atoms with van der Waals surface area (Å²) >= 11 is 0. The van der Waals surface area contributed by atoms with Crippen molar-refractivity contribution in [3.05, 3.63) is 57.4 Å². The lowest BCUT2D eigenvalue weighted by Gasteiger charge is -2.06. The average Bonchev–Trinajstić information content (AvgIpc) is 2.95. The monoisotopic (exact) mass is 327 g/mol. The number of rotatable bonds is 5. The van der Waals surface area contributed by atoms with Gasteiger partial charge in [0.2, 0.25) is 5.91 Å². The molecule has 3 rings (SSSR count). The standard InChI is InChI=1S/C16H17N5O3/c1-20-10-8-13(19-20)18-14(22)7-4-9-21-15(23)11-5-2-3-6-12(11)17-16(21)24/h2-3,5-6,8,10H,4,7,9H2,1H3,(H,17,24)(H,18,19,22). The molecule has 1 amide bonds. The number of amides is 1. The Morgan fingerprint density at radius 3 is 2.79 bits per heavy atom. The van der Waals surface area contributed by atoms with Crippen LogP contribution in [-0.4, -0.2) is 25.2 Å². The Morgan fingerprint density at radius 2 is 2.04 bits per heavy atom. The molecular weight excluding hydrogens is 310 g/mol. The largest absolute Gasteiger partial charge is 0.328 e. The van der Waals surface area contributed by atoms with Crippen molar-refractivity contribution in [3.63, 3.8) is 0 Å². The van der Waals surface area contributed by atoms with Crippen LogP contribution >= 0.6 is 0 Å². The molecule has 8 heteroatoms. The molecule has 0 aliphatic carbocycles. The third kappa shape index (κ3) is 3.27. The molecule has 0 saturated heterocycles. The van der Waals surface area contributed by atoms with Gasteiger partial charge in [0.1, 0.15) is 0 Å². The van der Waals surface area contributed by atoms with Crippen molar-refractivity contribution in [1.82, 2.24) is 19.3 Å². The number of nitrogens with zero attached hydrogens (tertiary/aromatic N) is 3. The Morgan fingerprint density at radius 1 is 1.25 bits per heavy atom. The number of benzene rings is 1. The zero-order valence-corrected chi connectivity index (χ0v) is 13.2. The lowest BCUT2D eigenvalue weighted by Crippen LogP contribution is -2.35. The first-order valence-electron chi connectivity index (χ1n) is 7.56. The number of anilines is 1. The molecule has 0 bridgehead atoms. The van der Waals surface area contributed by atoms with Crippen LogP contribution in [0.1, 0.15) is 12.8 Å². The van der Waals surface area contributed by atoms with Gasteiger partial charge in [0.05, 0.1) is 10.9 Å². The van der Waals surface area contributed by atoms with Crippen molar-refractivity contribution in [2.45, 2.75) is 19.4 Å². The van der Waals surface area contributed by atoms with Crippen molar-refractivity contribution in [2.75, 3.05) is 5.32 Å². The fraction of sp³-hybridized carbons (Fsp3) is 0.250. The van der Waals surface area contributed by atoms with Gasteiger partial charge in [-0.15, -0.1) is 0 Å².